The summed E-state index contributed by atoms with van der Waals surface area (Å²) in [4.78, 5) is 4.56. The largest absolute Gasteiger partial charge is 0.412 e. The molecule has 1 atom stereocenters. The molecule has 0 aromatic heterocycles. The van der Waals surface area contributed by atoms with Gasteiger partial charge in [0.15, 0.2) is 0 Å². The van der Waals surface area contributed by atoms with E-state index in [2.05, 4.69) is 60.6 Å². The van der Waals surface area contributed by atoms with Crippen LogP contribution in [0.1, 0.15) is 84.3 Å². The average Bonchev–Trinajstić information content (AvgIpc) is 3.02. The van der Waals surface area contributed by atoms with Gasteiger partial charge in [0.1, 0.15) is 5.83 Å². The highest BCUT2D eigenvalue weighted by Crippen LogP contribution is 2.29. The molecule has 1 unspecified atom stereocenters. The van der Waals surface area contributed by atoms with Gasteiger partial charge in [-0.1, -0.05) is 93.6 Å². The third-order valence-corrected chi connectivity index (χ3v) is 8.78. The number of benzene rings is 1. The summed E-state index contributed by atoms with van der Waals surface area (Å²) in [6.07, 6.45) is 16.1. The van der Waals surface area contributed by atoms with Crippen LogP contribution < -0.4 is 0 Å². The van der Waals surface area contributed by atoms with Crippen molar-refractivity contribution in [2.45, 2.75) is 85.7 Å². The Labute approximate surface area is 276 Å². The Hall–Kier alpha value is -2.96. The molecule has 0 saturated carbocycles. The van der Waals surface area contributed by atoms with Crippen LogP contribution in [0, 0.1) is 5.92 Å². The normalized spacial score (nSPS) is 18.0. The number of aryl methyl sites for hydroxylation is 1. The number of likely N-dealkylation sites (N-methyl/N-ethyl adjacent to an activating group) is 2. The number of rotatable bonds is 19. The Morgan fingerprint density at radius 3 is 2.37 bits per heavy atom. The molecule has 1 aliphatic rings. The van der Waals surface area contributed by atoms with Crippen LogP contribution in [-0.4, -0.2) is 55.2 Å². The molecule has 0 bridgehead atoms. The van der Waals surface area contributed by atoms with Crippen molar-refractivity contribution < 1.29 is 17.6 Å². The summed E-state index contributed by atoms with van der Waals surface area (Å²) in [5.41, 5.74) is 4.75. The van der Waals surface area contributed by atoms with Crippen molar-refractivity contribution in [1.29, 1.82) is 0 Å². The Balaban J connectivity index is 1.80. The minimum absolute atomic E-state index is 0.152. The van der Waals surface area contributed by atoms with Gasteiger partial charge in [0.2, 0.25) is 0 Å². The van der Waals surface area contributed by atoms with Gasteiger partial charge in [-0.25, -0.2) is 4.39 Å². The number of halogens is 4. The van der Waals surface area contributed by atoms with E-state index in [4.69, 9.17) is 0 Å². The van der Waals surface area contributed by atoms with Crippen molar-refractivity contribution in [3.63, 3.8) is 0 Å². The molecule has 0 amide bonds. The second-order valence-corrected chi connectivity index (χ2v) is 12.4. The minimum Gasteiger partial charge on any atom is -0.300 e. The first-order valence-corrected chi connectivity index (χ1v) is 16.9. The summed E-state index contributed by atoms with van der Waals surface area (Å²) < 4.78 is 53.8. The van der Waals surface area contributed by atoms with Crippen molar-refractivity contribution in [1.82, 2.24) is 9.80 Å². The van der Waals surface area contributed by atoms with E-state index in [0.717, 1.165) is 70.3 Å². The smallest absolute Gasteiger partial charge is 0.300 e. The van der Waals surface area contributed by atoms with Crippen LogP contribution in [0.15, 0.2) is 102 Å². The second kappa shape index (κ2) is 21.0. The topological polar surface area (TPSA) is 6.48 Å². The molecule has 0 radical (unpaired) electrons. The molecule has 0 saturated heterocycles. The number of nitrogens with zero attached hydrogens (tertiary/aromatic N) is 2. The molecule has 0 spiro atoms. The number of hydrogen-bond acceptors (Lipinski definition) is 2. The monoisotopic (exact) mass is 640 g/mol. The summed E-state index contributed by atoms with van der Waals surface area (Å²) in [5, 5.41) is 0. The molecule has 0 fully saturated rings. The van der Waals surface area contributed by atoms with Gasteiger partial charge in [0.25, 0.3) is 0 Å². The van der Waals surface area contributed by atoms with E-state index in [0.29, 0.717) is 24.5 Å². The first-order chi connectivity index (χ1) is 22.0. The molecule has 46 heavy (non-hydrogen) atoms. The Morgan fingerprint density at radius 2 is 1.72 bits per heavy atom. The summed E-state index contributed by atoms with van der Waals surface area (Å²) >= 11 is 0. The molecule has 254 valence electrons. The second-order valence-electron chi connectivity index (χ2n) is 12.4. The van der Waals surface area contributed by atoms with E-state index in [9.17, 15) is 17.6 Å². The molecule has 2 nitrogen and oxygen atoms in total. The molecule has 1 aromatic rings. The lowest BCUT2D eigenvalue weighted by Crippen LogP contribution is -2.29. The van der Waals surface area contributed by atoms with Crippen LogP contribution in [0.5, 0.6) is 0 Å². The van der Waals surface area contributed by atoms with E-state index in [-0.39, 0.29) is 12.4 Å². The Bertz CT molecular complexity index is 1240. The maximum Gasteiger partial charge on any atom is 0.412 e. The van der Waals surface area contributed by atoms with E-state index >= 15 is 0 Å². The van der Waals surface area contributed by atoms with Crippen LogP contribution in [0.3, 0.4) is 0 Å². The van der Waals surface area contributed by atoms with Crippen molar-refractivity contribution in [2.75, 3.05) is 39.3 Å². The predicted octanol–water partition coefficient (Wildman–Crippen LogP) is 11.2. The standard InChI is InChI=1S/C40H56F4N2/c1-7-10-11-18-38(34(6)40(42,43)44)31-46(9-3)29-27-32(4)21-22-33(5)37-25-23-35(24-26-37)17-14-28-45(8-2)30-36-15-12-19-39(41)20-13-16-36/h7,10-12,16,18-20,23-26,32H,5,8-9,13-15,17,21-22,27-31H2,1-4,6H3/b10-7-,18-11-,19-12?,36-16+,38-34-,39-20+. The molecular weight excluding hydrogens is 584 g/mol. The molecule has 0 heterocycles. The third kappa shape index (κ3) is 15.1. The molecule has 1 aliphatic carbocycles. The van der Waals surface area contributed by atoms with Crippen molar-refractivity contribution in [2.24, 2.45) is 5.92 Å². The zero-order valence-corrected chi connectivity index (χ0v) is 28.8. The summed E-state index contributed by atoms with van der Waals surface area (Å²) in [6, 6.07) is 8.77. The van der Waals surface area contributed by atoms with Crippen LogP contribution in [-0.2, 0) is 6.42 Å². The molecule has 1 aromatic carbocycles. The third-order valence-electron chi connectivity index (χ3n) is 8.78. The van der Waals surface area contributed by atoms with Crippen LogP contribution in [0.2, 0.25) is 0 Å². The van der Waals surface area contributed by atoms with Crippen LogP contribution in [0.4, 0.5) is 17.6 Å². The van der Waals surface area contributed by atoms with Gasteiger partial charge in [-0.15, -0.1) is 0 Å². The Morgan fingerprint density at radius 1 is 1.00 bits per heavy atom. The van der Waals surface area contributed by atoms with Crippen LogP contribution >= 0.6 is 0 Å². The lowest BCUT2D eigenvalue weighted by Gasteiger charge is -2.24. The van der Waals surface area contributed by atoms with Crippen LogP contribution in [0.25, 0.3) is 5.57 Å². The highest BCUT2D eigenvalue weighted by Gasteiger charge is 2.32. The first-order valence-electron chi connectivity index (χ1n) is 16.9. The lowest BCUT2D eigenvalue weighted by atomic mass is 9.94. The Kier molecular flexibility index (Phi) is 17.9. The van der Waals surface area contributed by atoms with Gasteiger partial charge < -0.3 is 0 Å². The highest BCUT2D eigenvalue weighted by molar-refractivity contribution is 5.63. The fourth-order valence-electron chi connectivity index (χ4n) is 5.45. The van der Waals surface area contributed by atoms with E-state index in [1.54, 1.807) is 30.4 Å². The van der Waals surface area contributed by atoms with Gasteiger partial charge in [0.05, 0.1) is 0 Å². The molecule has 0 N–H and O–H groups in total. The van der Waals surface area contributed by atoms with Crippen molar-refractivity contribution >= 4 is 5.57 Å². The maximum absolute atomic E-state index is 13.5. The van der Waals surface area contributed by atoms with Gasteiger partial charge >= 0.3 is 6.18 Å². The zero-order chi connectivity index (χ0) is 34.0. The highest BCUT2D eigenvalue weighted by atomic mass is 19.4. The van der Waals surface area contributed by atoms with Crippen molar-refractivity contribution in [3.05, 3.63) is 113 Å². The van der Waals surface area contributed by atoms with E-state index in [1.165, 1.54) is 23.6 Å². The summed E-state index contributed by atoms with van der Waals surface area (Å²) in [6.45, 7) is 18.5. The van der Waals surface area contributed by atoms with Gasteiger partial charge in [-0.05, 0) is 125 Å². The quantitative estimate of drug-likeness (QED) is 0.0843. The summed E-state index contributed by atoms with van der Waals surface area (Å²) in [7, 11) is 0. The first kappa shape index (κ1) is 39.2. The minimum atomic E-state index is -4.33. The van der Waals surface area contributed by atoms with Gasteiger partial charge in [0, 0.05) is 18.7 Å². The average molecular weight is 641 g/mol. The molecule has 2 rings (SSSR count). The number of allylic oxidation sites excluding steroid dienone is 10. The van der Waals surface area contributed by atoms with E-state index < -0.39 is 11.7 Å². The molecule has 0 aliphatic heterocycles. The molecule has 6 heteroatoms. The summed E-state index contributed by atoms with van der Waals surface area (Å²) in [5.74, 6) is 0.286. The number of hydrogen-bond donors (Lipinski definition) is 0. The van der Waals surface area contributed by atoms with Gasteiger partial charge in [-0.3, -0.25) is 9.80 Å². The SMILES string of the molecule is C=C(CCC(C)CCN(CC)CC(/C=C\C=C/C)=C(/C)C(F)(F)F)c1ccc(CCCN(CC)C/C2=C/C/C=C(/F)C=CC2)cc1. The van der Waals surface area contributed by atoms with Crippen molar-refractivity contribution in [3.8, 4) is 0 Å². The fraction of sp³-hybridized carbons (Fsp3) is 0.500. The lowest BCUT2D eigenvalue weighted by molar-refractivity contribution is -0.0922. The maximum atomic E-state index is 13.5. The zero-order valence-electron chi connectivity index (χ0n) is 28.8. The molecular formula is C40H56F4N2. The predicted molar refractivity (Wildman–Crippen MR) is 189 cm³/mol. The fourth-order valence-corrected chi connectivity index (χ4v) is 5.45. The van der Waals surface area contributed by atoms with E-state index in [1.807, 2.05) is 26.0 Å². The van der Waals surface area contributed by atoms with Gasteiger partial charge in [-0.2, -0.15) is 13.2 Å². The number of alkyl halides is 3.